The van der Waals surface area contributed by atoms with Gasteiger partial charge in [-0.05, 0) is 29.8 Å². The molecule has 0 amide bonds. The van der Waals surface area contributed by atoms with Crippen LogP contribution in [0, 0.1) is 0 Å². The molecule has 0 radical (unpaired) electrons. The standard InChI is InChI=1S/C14H16N2O3S/c1-18-12-6-5-10(8-13(12)19-2)9-20(17)14-11(15)4-3-7-16-14/h3-8H,9,15H2,1-2H3. The van der Waals surface area contributed by atoms with E-state index < -0.39 is 10.8 Å². The first kappa shape index (κ1) is 14.3. The minimum absolute atomic E-state index is 0.321. The summed E-state index contributed by atoms with van der Waals surface area (Å²) < 4.78 is 22.7. The van der Waals surface area contributed by atoms with Crippen molar-refractivity contribution >= 4 is 16.5 Å². The largest absolute Gasteiger partial charge is 0.493 e. The monoisotopic (exact) mass is 292 g/mol. The zero-order chi connectivity index (χ0) is 14.5. The molecule has 1 aromatic carbocycles. The summed E-state index contributed by atoms with van der Waals surface area (Å²) >= 11 is 0. The lowest BCUT2D eigenvalue weighted by Gasteiger charge is -2.09. The van der Waals surface area contributed by atoms with Gasteiger partial charge in [-0.15, -0.1) is 0 Å². The van der Waals surface area contributed by atoms with Gasteiger partial charge in [0, 0.05) is 6.20 Å². The van der Waals surface area contributed by atoms with E-state index in [1.54, 1.807) is 44.7 Å². The average Bonchev–Trinajstić information content (AvgIpc) is 2.47. The molecule has 0 bridgehead atoms. The van der Waals surface area contributed by atoms with Crippen LogP contribution in [0.4, 0.5) is 5.69 Å². The number of anilines is 1. The molecule has 0 aliphatic heterocycles. The predicted octanol–water partition coefficient (Wildman–Crippen LogP) is 1.99. The fraction of sp³-hybridized carbons (Fsp3) is 0.214. The van der Waals surface area contributed by atoms with Crippen LogP contribution in [0.3, 0.4) is 0 Å². The molecular formula is C14H16N2O3S. The highest BCUT2D eigenvalue weighted by atomic mass is 32.2. The Bertz CT molecular complexity index is 632. The summed E-state index contributed by atoms with van der Waals surface area (Å²) in [5, 5.41) is 0.405. The Hall–Kier alpha value is -2.08. The van der Waals surface area contributed by atoms with E-state index in [1.165, 1.54) is 0 Å². The SMILES string of the molecule is COc1ccc(CS(=O)c2ncccc2N)cc1OC. The molecule has 0 aliphatic carbocycles. The van der Waals surface area contributed by atoms with Gasteiger partial charge in [-0.1, -0.05) is 6.07 Å². The molecule has 2 N–H and O–H groups in total. The van der Waals surface area contributed by atoms with Crippen molar-refractivity contribution in [3.63, 3.8) is 0 Å². The summed E-state index contributed by atoms with van der Waals surface area (Å²) in [6.45, 7) is 0. The van der Waals surface area contributed by atoms with E-state index >= 15 is 0 Å². The molecule has 1 heterocycles. The summed E-state index contributed by atoms with van der Waals surface area (Å²) in [5.41, 5.74) is 7.08. The molecule has 1 aromatic heterocycles. The topological polar surface area (TPSA) is 74.4 Å². The smallest absolute Gasteiger partial charge is 0.161 e. The van der Waals surface area contributed by atoms with E-state index in [1.807, 2.05) is 6.07 Å². The van der Waals surface area contributed by atoms with Gasteiger partial charge in [0.25, 0.3) is 0 Å². The lowest BCUT2D eigenvalue weighted by molar-refractivity contribution is 0.354. The van der Waals surface area contributed by atoms with Gasteiger partial charge in [-0.2, -0.15) is 0 Å². The van der Waals surface area contributed by atoms with E-state index in [9.17, 15) is 4.21 Å². The third kappa shape index (κ3) is 3.08. The van der Waals surface area contributed by atoms with E-state index in [0.717, 1.165) is 5.56 Å². The number of pyridine rings is 1. The molecule has 2 rings (SSSR count). The Morgan fingerprint density at radius 1 is 1.20 bits per heavy atom. The molecule has 0 aliphatic rings. The number of benzene rings is 1. The van der Waals surface area contributed by atoms with Gasteiger partial charge in [-0.3, -0.25) is 4.21 Å². The van der Waals surface area contributed by atoms with Crippen LogP contribution in [0.2, 0.25) is 0 Å². The van der Waals surface area contributed by atoms with Crippen LogP contribution in [0.5, 0.6) is 11.5 Å². The van der Waals surface area contributed by atoms with Crippen molar-refractivity contribution < 1.29 is 13.7 Å². The molecule has 20 heavy (non-hydrogen) atoms. The van der Waals surface area contributed by atoms with E-state index in [0.29, 0.717) is 28.0 Å². The molecule has 0 saturated heterocycles. The van der Waals surface area contributed by atoms with Gasteiger partial charge in [0.1, 0.15) is 5.03 Å². The van der Waals surface area contributed by atoms with Crippen LogP contribution in [0.15, 0.2) is 41.6 Å². The molecule has 6 heteroatoms. The first-order valence-electron chi connectivity index (χ1n) is 5.95. The van der Waals surface area contributed by atoms with Crippen molar-refractivity contribution in [1.82, 2.24) is 4.98 Å². The molecule has 0 spiro atoms. The Kier molecular flexibility index (Phi) is 4.57. The number of nitrogens with zero attached hydrogens (tertiary/aromatic N) is 1. The first-order chi connectivity index (χ1) is 9.65. The van der Waals surface area contributed by atoms with E-state index in [4.69, 9.17) is 15.2 Å². The van der Waals surface area contributed by atoms with E-state index in [2.05, 4.69) is 4.98 Å². The molecule has 1 unspecified atom stereocenters. The summed E-state index contributed by atoms with van der Waals surface area (Å²) in [7, 11) is 1.84. The Morgan fingerprint density at radius 3 is 2.60 bits per heavy atom. The number of ether oxygens (including phenoxy) is 2. The fourth-order valence-electron chi connectivity index (χ4n) is 1.78. The van der Waals surface area contributed by atoms with Gasteiger partial charge < -0.3 is 15.2 Å². The summed E-state index contributed by atoms with van der Waals surface area (Å²) in [4.78, 5) is 4.07. The quantitative estimate of drug-likeness (QED) is 0.912. The number of aromatic nitrogens is 1. The fourth-order valence-corrected chi connectivity index (χ4v) is 2.91. The van der Waals surface area contributed by atoms with Crippen LogP contribution >= 0.6 is 0 Å². The summed E-state index contributed by atoms with van der Waals surface area (Å²) in [5.74, 6) is 1.57. The van der Waals surface area contributed by atoms with Crippen LogP contribution in [0.1, 0.15) is 5.56 Å². The Labute approximate surface area is 120 Å². The minimum Gasteiger partial charge on any atom is -0.493 e. The van der Waals surface area contributed by atoms with Crippen LogP contribution in [-0.2, 0) is 16.6 Å². The number of nitrogens with two attached hydrogens (primary N) is 1. The summed E-state index contributed by atoms with van der Waals surface area (Å²) in [6.07, 6.45) is 1.58. The predicted molar refractivity (Wildman–Crippen MR) is 78.3 cm³/mol. The van der Waals surface area contributed by atoms with Gasteiger partial charge >= 0.3 is 0 Å². The van der Waals surface area contributed by atoms with Crippen molar-refractivity contribution in [2.45, 2.75) is 10.8 Å². The maximum absolute atomic E-state index is 12.3. The van der Waals surface area contributed by atoms with Crippen LogP contribution in [-0.4, -0.2) is 23.4 Å². The van der Waals surface area contributed by atoms with Gasteiger partial charge in [0.2, 0.25) is 0 Å². The molecule has 5 nitrogen and oxygen atoms in total. The number of hydrogen-bond donors (Lipinski definition) is 1. The van der Waals surface area contributed by atoms with Gasteiger partial charge in [0.15, 0.2) is 11.5 Å². The summed E-state index contributed by atoms with van der Waals surface area (Å²) in [6, 6.07) is 8.84. The van der Waals surface area contributed by atoms with Crippen LogP contribution < -0.4 is 15.2 Å². The highest BCUT2D eigenvalue weighted by Gasteiger charge is 2.12. The highest BCUT2D eigenvalue weighted by molar-refractivity contribution is 7.84. The maximum Gasteiger partial charge on any atom is 0.161 e. The van der Waals surface area contributed by atoms with Crippen molar-refractivity contribution in [2.24, 2.45) is 0 Å². The second-order valence-electron chi connectivity index (χ2n) is 4.08. The third-order valence-corrected chi connectivity index (χ3v) is 4.13. The molecule has 1 atom stereocenters. The van der Waals surface area contributed by atoms with Gasteiger partial charge in [0.05, 0.1) is 36.5 Å². The van der Waals surface area contributed by atoms with Gasteiger partial charge in [-0.25, -0.2) is 4.98 Å². The first-order valence-corrected chi connectivity index (χ1v) is 7.27. The Morgan fingerprint density at radius 2 is 1.95 bits per heavy atom. The van der Waals surface area contributed by atoms with Crippen molar-refractivity contribution in [3.8, 4) is 11.5 Å². The third-order valence-electron chi connectivity index (χ3n) is 2.76. The molecule has 0 saturated carbocycles. The second kappa shape index (κ2) is 6.38. The van der Waals surface area contributed by atoms with Crippen LogP contribution in [0.25, 0.3) is 0 Å². The maximum atomic E-state index is 12.3. The zero-order valence-corrected chi connectivity index (χ0v) is 12.1. The number of rotatable bonds is 5. The van der Waals surface area contributed by atoms with E-state index in [-0.39, 0.29) is 0 Å². The molecule has 106 valence electrons. The molecular weight excluding hydrogens is 276 g/mol. The van der Waals surface area contributed by atoms with Crippen molar-refractivity contribution in [3.05, 3.63) is 42.1 Å². The average molecular weight is 292 g/mol. The Balaban J connectivity index is 2.22. The second-order valence-corrected chi connectivity index (χ2v) is 5.44. The molecule has 0 fully saturated rings. The number of hydrogen-bond acceptors (Lipinski definition) is 5. The lowest BCUT2D eigenvalue weighted by atomic mass is 10.2. The lowest BCUT2D eigenvalue weighted by Crippen LogP contribution is -2.03. The van der Waals surface area contributed by atoms with Crippen molar-refractivity contribution in [1.29, 1.82) is 0 Å². The highest BCUT2D eigenvalue weighted by Crippen LogP contribution is 2.28. The molecule has 2 aromatic rings. The zero-order valence-electron chi connectivity index (χ0n) is 11.3. The van der Waals surface area contributed by atoms with Crippen molar-refractivity contribution in [2.75, 3.05) is 20.0 Å². The normalized spacial score (nSPS) is 11.9. The minimum atomic E-state index is -1.30. The number of methoxy groups -OCH3 is 2. The number of nitrogen functional groups attached to an aromatic ring is 1.